The number of carbonyl (C=O) groups is 2. The highest BCUT2D eigenvalue weighted by molar-refractivity contribution is 6.01. The zero-order valence-electron chi connectivity index (χ0n) is 10.3. The Morgan fingerprint density at radius 1 is 1.25 bits per heavy atom. The Morgan fingerprint density at radius 2 is 1.88 bits per heavy atom. The van der Waals surface area contributed by atoms with Crippen molar-refractivity contribution in [3.8, 4) is 0 Å². The summed E-state index contributed by atoms with van der Waals surface area (Å²) in [5, 5.41) is 9.05. The van der Waals surface area contributed by atoms with E-state index >= 15 is 0 Å². The van der Waals surface area contributed by atoms with Crippen molar-refractivity contribution in [2.45, 2.75) is 52.5 Å². The van der Waals surface area contributed by atoms with Gasteiger partial charge in [-0.25, -0.2) is 0 Å². The Hall–Kier alpha value is -1.06. The van der Waals surface area contributed by atoms with E-state index in [1.165, 1.54) is 13.8 Å². The molecule has 1 amide bonds. The van der Waals surface area contributed by atoms with Crippen LogP contribution in [0.2, 0.25) is 0 Å². The van der Waals surface area contributed by atoms with Crippen LogP contribution >= 0.6 is 0 Å². The Labute approximate surface area is 96.6 Å². The summed E-state index contributed by atoms with van der Waals surface area (Å²) in [6.45, 7) is 5.66. The quantitative estimate of drug-likeness (QED) is 0.733. The number of carboxylic acids is 1. The standard InChI is InChI=1S/C12H21NO3/c1-9-7-5-4-6-8-13(9)10(14)12(2,3)11(15)16/h9H,4-8H2,1-3H3,(H,15,16). The second-order valence-corrected chi connectivity index (χ2v) is 5.13. The number of amides is 1. The van der Waals surface area contributed by atoms with E-state index in [-0.39, 0.29) is 11.9 Å². The van der Waals surface area contributed by atoms with Gasteiger partial charge in [-0.3, -0.25) is 9.59 Å². The van der Waals surface area contributed by atoms with Crippen LogP contribution in [0.3, 0.4) is 0 Å². The minimum Gasteiger partial charge on any atom is -0.480 e. The van der Waals surface area contributed by atoms with Gasteiger partial charge in [0.1, 0.15) is 5.41 Å². The number of likely N-dealkylation sites (tertiary alicyclic amines) is 1. The number of rotatable bonds is 2. The van der Waals surface area contributed by atoms with E-state index in [2.05, 4.69) is 0 Å². The number of carboxylic acid groups (broad SMARTS) is 1. The Kier molecular flexibility index (Phi) is 3.94. The zero-order valence-corrected chi connectivity index (χ0v) is 10.3. The number of carbonyl (C=O) groups excluding carboxylic acids is 1. The summed E-state index contributed by atoms with van der Waals surface area (Å²) in [6.07, 6.45) is 4.20. The highest BCUT2D eigenvalue weighted by Gasteiger charge is 2.40. The van der Waals surface area contributed by atoms with Crippen LogP contribution in [-0.2, 0) is 9.59 Å². The fraction of sp³-hybridized carbons (Fsp3) is 0.833. The van der Waals surface area contributed by atoms with Crippen molar-refractivity contribution in [3.63, 3.8) is 0 Å². The molecule has 16 heavy (non-hydrogen) atoms. The Bertz CT molecular complexity index is 286. The normalized spacial score (nSPS) is 22.7. The molecule has 1 saturated heterocycles. The van der Waals surface area contributed by atoms with Crippen molar-refractivity contribution in [3.05, 3.63) is 0 Å². The number of nitrogens with zero attached hydrogens (tertiary/aromatic N) is 1. The third-order valence-electron chi connectivity index (χ3n) is 3.38. The summed E-state index contributed by atoms with van der Waals surface area (Å²) in [4.78, 5) is 25.0. The van der Waals surface area contributed by atoms with E-state index in [0.29, 0.717) is 6.54 Å². The average Bonchev–Trinajstić information content (AvgIpc) is 2.41. The van der Waals surface area contributed by atoms with Crippen LogP contribution < -0.4 is 0 Å². The van der Waals surface area contributed by atoms with E-state index in [0.717, 1.165) is 25.7 Å². The summed E-state index contributed by atoms with van der Waals surface area (Å²) in [7, 11) is 0. The highest BCUT2D eigenvalue weighted by atomic mass is 16.4. The van der Waals surface area contributed by atoms with Gasteiger partial charge >= 0.3 is 5.97 Å². The minimum atomic E-state index is -1.31. The maximum Gasteiger partial charge on any atom is 0.318 e. The molecular weight excluding hydrogens is 206 g/mol. The van der Waals surface area contributed by atoms with Crippen LogP contribution in [0, 0.1) is 5.41 Å². The van der Waals surface area contributed by atoms with Gasteiger partial charge in [-0.1, -0.05) is 12.8 Å². The molecule has 0 aliphatic carbocycles. The molecule has 0 saturated carbocycles. The summed E-state index contributed by atoms with van der Waals surface area (Å²) < 4.78 is 0. The lowest BCUT2D eigenvalue weighted by Crippen LogP contribution is -2.48. The molecule has 1 atom stereocenters. The van der Waals surface area contributed by atoms with Crippen molar-refractivity contribution in [2.24, 2.45) is 5.41 Å². The summed E-state index contributed by atoms with van der Waals surface area (Å²) in [5.74, 6) is -1.30. The van der Waals surface area contributed by atoms with Gasteiger partial charge in [-0.2, -0.15) is 0 Å². The largest absolute Gasteiger partial charge is 0.480 e. The smallest absolute Gasteiger partial charge is 0.318 e. The Morgan fingerprint density at radius 3 is 2.44 bits per heavy atom. The lowest BCUT2D eigenvalue weighted by molar-refractivity contribution is -0.159. The molecule has 0 aromatic rings. The van der Waals surface area contributed by atoms with Crippen LogP contribution in [0.1, 0.15) is 46.5 Å². The zero-order chi connectivity index (χ0) is 12.3. The lowest BCUT2D eigenvalue weighted by atomic mass is 9.91. The predicted molar refractivity (Wildman–Crippen MR) is 61.1 cm³/mol. The molecule has 0 radical (unpaired) electrons. The average molecular weight is 227 g/mol. The van der Waals surface area contributed by atoms with Gasteiger partial charge in [-0.05, 0) is 33.6 Å². The predicted octanol–water partition coefficient (Wildman–Crippen LogP) is 1.89. The molecule has 0 spiro atoms. The summed E-state index contributed by atoms with van der Waals surface area (Å²) in [5.41, 5.74) is -1.31. The van der Waals surface area contributed by atoms with E-state index in [4.69, 9.17) is 5.11 Å². The van der Waals surface area contributed by atoms with Crippen molar-refractivity contribution in [1.29, 1.82) is 0 Å². The van der Waals surface area contributed by atoms with Gasteiger partial charge in [-0.15, -0.1) is 0 Å². The van der Waals surface area contributed by atoms with E-state index in [9.17, 15) is 9.59 Å². The molecule has 4 heteroatoms. The summed E-state index contributed by atoms with van der Waals surface area (Å²) >= 11 is 0. The molecule has 1 unspecified atom stereocenters. The van der Waals surface area contributed by atoms with Crippen molar-refractivity contribution in [2.75, 3.05) is 6.54 Å². The fourth-order valence-corrected chi connectivity index (χ4v) is 2.03. The maximum atomic E-state index is 12.2. The van der Waals surface area contributed by atoms with Crippen molar-refractivity contribution >= 4 is 11.9 Å². The molecule has 0 aromatic heterocycles. The number of hydrogen-bond acceptors (Lipinski definition) is 2. The molecule has 1 heterocycles. The monoisotopic (exact) mass is 227 g/mol. The molecule has 1 rings (SSSR count). The molecule has 1 N–H and O–H groups in total. The Balaban J connectivity index is 2.82. The highest BCUT2D eigenvalue weighted by Crippen LogP contribution is 2.24. The molecular formula is C12H21NO3. The van der Waals surface area contributed by atoms with Gasteiger partial charge in [0, 0.05) is 12.6 Å². The first-order chi connectivity index (χ1) is 7.37. The molecule has 0 aromatic carbocycles. The second kappa shape index (κ2) is 4.85. The van der Waals surface area contributed by atoms with Gasteiger partial charge in [0.2, 0.25) is 5.91 Å². The van der Waals surface area contributed by atoms with E-state index in [1.807, 2.05) is 6.92 Å². The van der Waals surface area contributed by atoms with Crippen LogP contribution in [0.5, 0.6) is 0 Å². The second-order valence-electron chi connectivity index (χ2n) is 5.13. The fourth-order valence-electron chi connectivity index (χ4n) is 2.03. The first kappa shape index (κ1) is 13.0. The van der Waals surface area contributed by atoms with Crippen LogP contribution in [0.4, 0.5) is 0 Å². The summed E-state index contributed by atoms with van der Waals surface area (Å²) in [6, 6.07) is 0.161. The van der Waals surface area contributed by atoms with Crippen molar-refractivity contribution < 1.29 is 14.7 Å². The molecule has 4 nitrogen and oxygen atoms in total. The third kappa shape index (κ3) is 2.54. The first-order valence-electron chi connectivity index (χ1n) is 5.92. The number of hydrogen-bond donors (Lipinski definition) is 1. The third-order valence-corrected chi connectivity index (χ3v) is 3.38. The topological polar surface area (TPSA) is 57.6 Å². The molecule has 1 fully saturated rings. The first-order valence-corrected chi connectivity index (χ1v) is 5.92. The van der Waals surface area contributed by atoms with Crippen LogP contribution in [-0.4, -0.2) is 34.5 Å². The van der Waals surface area contributed by atoms with Gasteiger partial charge in [0.15, 0.2) is 0 Å². The van der Waals surface area contributed by atoms with E-state index in [1.54, 1.807) is 4.90 Å². The van der Waals surface area contributed by atoms with Crippen LogP contribution in [0.25, 0.3) is 0 Å². The number of aliphatic carboxylic acids is 1. The molecule has 1 aliphatic rings. The van der Waals surface area contributed by atoms with Crippen molar-refractivity contribution in [1.82, 2.24) is 4.90 Å². The van der Waals surface area contributed by atoms with Crippen LogP contribution in [0.15, 0.2) is 0 Å². The SMILES string of the molecule is CC1CCCCCN1C(=O)C(C)(C)C(=O)O. The van der Waals surface area contributed by atoms with Gasteiger partial charge < -0.3 is 10.0 Å². The lowest BCUT2D eigenvalue weighted by Gasteiger charge is -2.32. The van der Waals surface area contributed by atoms with E-state index < -0.39 is 11.4 Å². The molecule has 1 aliphatic heterocycles. The van der Waals surface area contributed by atoms with Gasteiger partial charge in [0.25, 0.3) is 0 Å². The molecule has 92 valence electrons. The molecule has 0 bridgehead atoms. The van der Waals surface area contributed by atoms with Gasteiger partial charge in [0.05, 0.1) is 0 Å². The minimum absolute atomic E-state index is 0.161. The maximum absolute atomic E-state index is 12.2.